The maximum Gasteiger partial charge on any atom is 0.193 e. The van der Waals surface area contributed by atoms with Crippen LogP contribution >= 0.6 is 0 Å². The molecule has 1 saturated carbocycles. The topological polar surface area (TPSA) is 76.2 Å². The van der Waals surface area contributed by atoms with Crippen LogP contribution in [0.5, 0.6) is 0 Å². The molecule has 0 radical (unpaired) electrons. The second-order valence-corrected chi connectivity index (χ2v) is 3.00. The van der Waals surface area contributed by atoms with Gasteiger partial charge in [-0.3, -0.25) is 0 Å². The van der Waals surface area contributed by atoms with Crippen LogP contribution in [0.3, 0.4) is 0 Å². The van der Waals surface area contributed by atoms with Gasteiger partial charge in [0.2, 0.25) is 0 Å². The molecule has 3 N–H and O–H groups in total. The van der Waals surface area contributed by atoms with Gasteiger partial charge in [0, 0.05) is 0 Å². The van der Waals surface area contributed by atoms with Gasteiger partial charge < -0.3 is 11.1 Å². The summed E-state index contributed by atoms with van der Waals surface area (Å²) in [6.45, 7) is 0. The van der Waals surface area contributed by atoms with Crippen LogP contribution in [-0.2, 0) is 0 Å². The second-order valence-electron chi connectivity index (χ2n) is 3.00. The lowest BCUT2D eigenvalue weighted by atomic mass is 10.5. The summed E-state index contributed by atoms with van der Waals surface area (Å²) >= 11 is 0. The molecule has 68 valence electrons. The van der Waals surface area contributed by atoms with Crippen molar-refractivity contribution in [3.63, 3.8) is 0 Å². The summed E-state index contributed by atoms with van der Waals surface area (Å²) in [5.74, 6) is 0.442. The fraction of sp³-hybridized carbons (Fsp3) is 0.375. The molecular formula is C8H11N5. The van der Waals surface area contributed by atoms with E-state index < -0.39 is 0 Å². The Balaban J connectivity index is 1.97. The number of nitrogens with one attached hydrogen (secondary N) is 1. The fourth-order valence-corrected chi connectivity index (χ4v) is 0.944. The molecule has 0 amide bonds. The largest absolute Gasteiger partial charge is 0.370 e. The minimum absolute atomic E-state index is 0.428. The van der Waals surface area contributed by atoms with E-state index >= 15 is 0 Å². The summed E-state index contributed by atoms with van der Waals surface area (Å²) in [6, 6.07) is 0.428. The molecular weight excluding hydrogens is 166 g/mol. The summed E-state index contributed by atoms with van der Waals surface area (Å²) in [6.07, 6.45) is 7.07. The third-order valence-corrected chi connectivity index (χ3v) is 1.70. The van der Waals surface area contributed by atoms with Crippen LogP contribution in [0.25, 0.3) is 0 Å². The maximum absolute atomic E-state index is 5.63. The Kier molecular flexibility index (Phi) is 2.08. The highest BCUT2D eigenvalue weighted by Gasteiger charge is 2.20. The van der Waals surface area contributed by atoms with E-state index in [9.17, 15) is 0 Å². The molecule has 0 saturated heterocycles. The molecule has 0 bridgehead atoms. The summed E-state index contributed by atoms with van der Waals surface area (Å²) < 4.78 is 0. The molecule has 2 rings (SSSR count). The Morgan fingerprint density at radius 2 is 2.15 bits per heavy atom. The van der Waals surface area contributed by atoms with E-state index in [0.29, 0.717) is 12.0 Å². The van der Waals surface area contributed by atoms with E-state index in [0.717, 1.165) is 18.5 Å². The van der Waals surface area contributed by atoms with E-state index in [1.807, 2.05) is 0 Å². The average molecular weight is 177 g/mol. The molecule has 0 aliphatic heterocycles. The molecule has 1 aromatic rings. The van der Waals surface area contributed by atoms with E-state index in [1.165, 1.54) is 6.33 Å². The monoisotopic (exact) mass is 177 g/mol. The molecule has 1 fully saturated rings. The normalized spacial score (nSPS) is 17.1. The van der Waals surface area contributed by atoms with Crippen LogP contribution in [0.4, 0.5) is 5.69 Å². The van der Waals surface area contributed by atoms with Gasteiger partial charge in [-0.05, 0) is 12.8 Å². The molecule has 1 heterocycles. The molecule has 13 heavy (non-hydrogen) atoms. The lowest BCUT2D eigenvalue weighted by Gasteiger charge is -2.02. The highest BCUT2D eigenvalue weighted by Crippen LogP contribution is 2.23. The maximum atomic E-state index is 5.63. The van der Waals surface area contributed by atoms with Crippen LogP contribution in [0.1, 0.15) is 12.8 Å². The number of rotatable bonds is 2. The molecule has 0 atom stereocenters. The van der Waals surface area contributed by atoms with Gasteiger partial charge in [-0.2, -0.15) is 0 Å². The van der Waals surface area contributed by atoms with Crippen LogP contribution in [-0.4, -0.2) is 22.0 Å². The minimum Gasteiger partial charge on any atom is -0.370 e. The summed E-state index contributed by atoms with van der Waals surface area (Å²) in [4.78, 5) is 11.9. The first kappa shape index (κ1) is 7.97. The number of nitrogens with two attached hydrogens (primary N) is 1. The van der Waals surface area contributed by atoms with Crippen LogP contribution in [0, 0.1) is 0 Å². The van der Waals surface area contributed by atoms with Gasteiger partial charge in [-0.1, -0.05) is 0 Å². The lowest BCUT2D eigenvalue weighted by Crippen LogP contribution is -2.23. The van der Waals surface area contributed by atoms with E-state index in [4.69, 9.17) is 5.73 Å². The van der Waals surface area contributed by atoms with Crippen molar-refractivity contribution < 1.29 is 0 Å². The van der Waals surface area contributed by atoms with Gasteiger partial charge in [-0.25, -0.2) is 15.0 Å². The average Bonchev–Trinajstić information content (AvgIpc) is 2.90. The van der Waals surface area contributed by atoms with Gasteiger partial charge in [0.25, 0.3) is 0 Å². The van der Waals surface area contributed by atoms with Crippen molar-refractivity contribution in [1.29, 1.82) is 0 Å². The van der Waals surface area contributed by atoms with Crippen molar-refractivity contribution >= 4 is 11.6 Å². The molecule has 1 aromatic heterocycles. The van der Waals surface area contributed by atoms with Crippen molar-refractivity contribution in [3.05, 3.63) is 18.7 Å². The van der Waals surface area contributed by atoms with E-state index in [2.05, 4.69) is 20.3 Å². The molecule has 1 aliphatic rings. The molecule has 0 spiro atoms. The quantitative estimate of drug-likeness (QED) is 0.505. The molecule has 5 heteroatoms. The minimum atomic E-state index is 0.428. The smallest absolute Gasteiger partial charge is 0.193 e. The van der Waals surface area contributed by atoms with Crippen molar-refractivity contribution in [2.45, 2.75) is 18.9 Å². The van der Waals surface area contributed by atoms with Gasteiger partial charge >= 0.3 is 0 Å². The van der Waals surface area contributed by atoms with Gasteiger partial charge in [0.05, 0.1) is 24.1 Å². The number of nitrogens with zero attached hydrogens (tertiary/aromatic N) is 3. The predicted molar refractivity (Wildman–Crippen MR) is 50.3 cm³/mol. The second kappa shape index (κ2) is 3.38. The highest BCUT2D eigenvalue weighted by atomic mass is 15.1. The first-order valence-electron chi connectivity index (χ1n) is 4.20. The van der Waals surface area contributed by atoms with Gasteiger partial charge in [0.15, 0.2) is 5.96 Å². The van der Waals surface area contributed by atoms with Crippen LogP contribution in [0.15, 0.2) is 23.7 Å². The number of anilines is 1. The molecule has 0 unspecified atom stereocenters. The highest BCUT2D eigenvalue weighted by molar-refractivity contribution is 5.92. The van der Waals surface area contributed by atoms with Crippen molar-refractivity contribution in [2.75, 3.05) is 5.32 Å². The Morgan fingerprint density at radius 1 is 1.46 bits per heavy atom. The summed E-state index contributed by atoms with van der Waals surface area (Å²) in [5, 5.41) is 2.92. The predicted octanol–water partition coefficient (Wildman–Crippen LogP) is 0.366. The van der Waals surface area contributed by atoms with Crippen LogP contribution in [0.2, 0.25) is 0 Å². The van der Waals surface area contributed by atoms with Crippen molar-refractivity contribution in [2.24, 2.45) is 10.7 Å². The Labute approximate surface area is 76.1 Å². The lowest BCUT2D eigenvalue weighted by molar-refractivity contribution is 1.06. The molecule has 5 nitrogen and oxygen atoms in total. The zero-order chi connectivity index (χ0) is 9.10. The number of hydrogen-bond donors (Lipinski definition) is 2. The van der Waals surface area contributed by atoms with Crippen LogP contribution < -0.4 is 11.1 Å². The van der Waals surface area contributed by atoms with E-state index in [-0.39, 0.29) is 0 Å². The fourth-order valence-electron chi connectivity index (χ4n) is 0.944. The number of aliphatic imine (C=N–C) groups is 1. The number of guanidine groups is 1. The van der Waals surface area contributed by atoms with E-state index in [1.54, 1.807) is 12.4 Å². The Bertz CT molecular complexity index is 304. The molecule has 1 aliphatic carbocycles. The third kappa shape index (κ3) is 2.40. The standard InChI is InChI=1S/C8H11N5/c9-8(12-6-1-2-6)13-7-3-10-5-11-4-7/h3-6H,1-2H2,(H3,9,12,13). The molecule has 0 aromatic carbocycles. The zero-order valence-electron chi connectivity index (χ0n) is 7.14. The first-order chi connectivity index (χ1) is 6.34. The van der Waals surface area contributed by atoms with Gasteiger partial charge in [-0.15, -0.1) is 0 Å². The summed E-state index contributed by atoms with van der Waals surface area (Å²) in [7, 11) is 0. The zero-order valence-corrected chi connectivity index (χ0v) is 7.14. The number of hydrogen-bond acceptors (Lipinski definition) is 3. The van der Waals surface area contributed by atoms with Crippen molar-refractivity contribution in [1.82, 2.24) is 9.97 Å². The Morgan fingerprint density at radius 3 is 2.77 bits per heavy atom. The summed E-state index contributed by atoms with van der Waals surface area (Å²) in [5.41, 5.74) is 6.40. The van der Waals surface area contributed by atoms with Gasteiger partial charge in [0.1, 0.15) is 6.33 Å². The number of aromatic nitrogens is 2. The SMILES string of the molecule is NC(=NC1CC1)Nc1cncnc1. The van der Waals surface area contributed by atoms with Crippen molar-refractivity contribution in [3.8, 4) is 0 Å². The third-order valence-electron chi connectivity index (χ3n) is 1.70. The Hall–Kier alpha value is -1.65. The first-order valence-corrected chi connectivity index (χ1v) is 4.20.